The highest BCUT2D eigenvalue weighted by Gasteiger charge is 2.49. The number of nitrogens with two attached hydrogens (primary N) is 1. The molecule has 1 aromatic carbocycles. The largest absolute Gasteiger partial charge is 0.372 e. The van der Waals surface area contributed by atoms with Gasteiger partial charge in [-0.05, 0) is 43.5 Å². The zero-order valence-corrected chi connectivity index (χ0v) is 13.7. The molecule has 0 spiro atoms. The summed E-state index contributed by atoms with van der Waals surface area (Å²) in [5.74, 6) is -0.461. The number of primary amides is 1. The highest BCUT2D eigenvalue weighted by Crippen LogP contribution is 2.41. The number of amides is 2. The van der Waals surface area contributed by atoms with E-state index in [0.717, 1.165) is 17.7 Å². The first kappa shape index (κ1) is 16.4. The molecule has 0 aromatic heterocycles. The summed E-state index contributed by atoms with van der Waals surface area (Å²) >= 11 is 0. The molecule has 2 aliphatic rings. The summed E-state index contributed by atoms with van der Waals surface area (Å²) in [5, 5.41) is 10.8. The van der Waals surface area contributed by atoms with E-state index in [0.29, 0.717) is 44.1 Å². The second-order valence-electron chi connectivity index (χ2n) is 6.41. The van der Waals surface area contributed by atoms with Gasteiger partial charge in [-0.15, -0.1) is 0 Å². The first-order valence-corrected chi connectivity index (χ1v) is 8.09. The van der Waals surface area contributed by atoms with Gasteiger partial charge in [0.2, 0.25) is 11.8 Å². The number of nitrogens with one attached hydrogen (secondary N) is 2. The summed E-state index contributed by atoms with van der Waals surface area (Å²) in [5.41, 5.74) is 6.86. The first-order valence-electron chi connectivity index (χ1n) is 8.09. The Bertz CT molecular complexity index is 697. The maximum absolute atomic E-state index is 12.4. The van der Waals surface area contributed by atoms with Gasteiger partial charge in [0, 0.05) is 17.9 Å². The number of morpholine rings is 1. The fourth-order valence-corrected chi connectivity index (χ4v) is 3.21. The highest BCUT2D eigenvalue weighted by molar-refractivity contribution is 6.11. The lowest BCUT2D eigenvalue weighted by Crippen LogP contribution is -2.51. The number of hydrogen-bond acceptors (Lipinski definition) is 4. The van der Waals surface area contributed by atoms with Gasteiger partial charge in [-0.2, -0.15) is 0 Å². The van der Waals surface area contributed by atoms with E-state index < -0.39 is 11.3 Å². The summed E-state index contributed by atoms with van der Waals surface area (Å²) in [4.78, 5) is 26.0. The van der Waals surface area contributed by atoms with Crippen molar-refractivity contribution in [2.75, 3.05) is 30.0 Å². The number of amidine groups is 1. The first-order chi connectivity index (χ1) is 11.4. The minimum atomic E-state index is -1.06. The number of hydrogen-bond donors (Lipinski definition) is 3. The van der Waals surface area contributed by atoms with Gasteiger partial charge in [-0.3, -0.25) is 15.0 Å². The zero-order valence-electron chi connectivity index (χ0n) is 13.7. The molecular weight excluding hydrogens is 308 g/mol. The quantitative estimate of drug-likeness (QED) is 0.725. The molecule has 2 amide bonds. The topological polar surface area (TPSA) is 109 Å². The molecule has 1 saturated heterocycles. The normalized spacial score (nSPS) is 19.5. The molecule has 0 atom stereocenters. The third kappa shape index (κ3) is 2.75. The van der Waals surface area contributed by atoms with E-state index >= 15 is 0 Å². The average Bonchev–Trinajstić information content (AvgIpc) is 2.47. The number of nitrogens with zero attached hydrogens (tertiary/aromatic N) is 1. The number of benzene rings is 1. The Morgan fingerprint density at radius 1 is 1.38 bits per heavy atom. The van der Waals surface area contributed by atoms with Crippen molar-refractivity contribution >= 4 is 29.0 Å². The van der Waals surface area contributed by atoms with Gasteiger partial charge in [-0.25, -0.2) is 0 Å². The van der Waals surface area contributed by atoms with Crippen LogP contribution < -0.4 is 16.0 Å². The number of rotatable bonds is 4. The minimum Gasteiger partial charge on any atom is -0.372 e. The number of ether oxygens (including phenoxy) is 1. The van der Waals surface area contributed by atoms with Gasteiger partial charge in [0.25, 0.3) is 0 Å². The lowest BCUT2D eigenvalue weighted by Gasteiger charge is -2.37. The van der Waals surface area contributed by atoms with Gasteiger partial charge in [0.05, 0.1) is 6.61 Å². The SMILES string of the molecule is Cc1cc(NC(=O)C2(C(N)=O)CCC2)ccc1N1CCOCC1=N. The number of aryl methyl sites for hydroxylation is 1. The third-order valence-corrected chi connectivity index (χ3v) is 4.88. The van der Waals surface area contributed by atoms with Crippen LogP contribution in [-0.2, 0) is 14.3 Å². The lowest BCUT2D eigenvalue weighted by atomic mass is 9.67. The molecule has 0 bridgehead atoms. The molecule has 1 aromatic rings. The monoisotopic (exact) mass is 330 g/mol. The second kappa shape index (κ2) is 6.24. The molecule has 1 aliphatic heterocycles. The van der Waals surface area contributed by atoms with Gasteiger partial charge >= 0.3 is 0 Å². The van der Waals surface area contributed by atoms with Crippen LogP contribution >= 0.6 is 0 Å². The molecule has 7 nitrogen and oxygen atoms in total. The van der Waals surface area contributed by atoms with Crippen LogP contribution in [0.1, 0.15) is 24.8 Å². The van der Waals surface area contributed by atoms with Gasteiger partial charge in [-0.1, -0.05) is 6.42 Å². The van der Waals surface area contributed by atoms with Crippen molar-refractivity contribution in [3.05, 3.63) is 23.8 Å². The van der Waals surface area contributed by atoms with E-state index in [1.807, 2.05) is 24.0 Å². The summed E-state index contributed by atoms with van der Waals surface area (Å²) in [6, 6.07) is 5.52. The smallest absolute Gasteiger partial charge is 0.240 e. The van der Waals surface area contributed by atoms with E-state index in [1.165, 1.54) is 0 Å². The van der Waals surface area contributed by atoms with Crippen molar-refractivity contribution in [1.82, 2.24) is 0 Å². The van der Waals surface area contributed by atoms with Crippen LogP contribution in [0, 0.1) is 17.7 Å². The van der Waals surface area contributed by atoms with Crippen molar-refractivity contribution in [3.8, 4) is 0 Å². The van der Waals surface area contributed by atoms with Crippen LogP contribution in [0.25, 0.3) is 0 Å². The summed E-state index contributed by atoms with van der Waals surface area (Å²) in [7, 11) is 0. The Morgan fingerprint density at radius 3 is 2.67 bits per heavy atom. The average molecular weight is 330 g/mol. The van der Waals surface area contributed by atoms with Crippen molar-refractivity contribution in [1.29, 1.82) is 5.41 Å². The van der Waals surface area contributed by atoms with Crippen LogP contribution in [-0.4, -0.2) is 37.4 Å². The van der Waals surface area contributed by atoms with Crippen molar-refractivity contribution in [3.63, 3.8) is 0 Å². The van der Waals surface area contributed by atoms with Crippen molar-refractivity contribution in [2.24, 2.45) is 11.1 Å². The summed E-state index contributed by atoms with van der Waals surface area (Å²) in [6.07, 6.45) is 1.86. The van der Waals surface area contributed by atoms with Crippen LogP contribution in [0.5, 0.6) is 0 Å². The van der Waals surface area contributed by atoms with Gasteiger partial charge < -0.3 is 20.7 Å². The van der Waals surface area contributed by atoms with Crippen LogP contribution in [0.3, 0.4) is 0 Å². The zero-order chi connectivity index (χ0) is 17.3. The molecule has 3 rings (SSSR count). The third-order valence-electron chi connectivity index (χ3n) is 4.88. The summed E-state index contributed by atoms with van der Waals surface area (Å²) < 4.78 is 5.26. The number of anilines is 2. The molecule has 128 valence electrons. The van der Waals surface area contributed by atoms with Crippen molar-refractivity contribution < 1.29 is 14.3 Å². The fraction of sp³-hybridized carbons (Fsp3) is 0.471. The van der Waals surface area contributed by atoms with E-state index in [4.69, 9.17) is 15.9 Å². The lowest BCUT2D eigenvalue weighted by molar-refractivity contribution is -0.144. The molecular formula is C17H22N4O3. The Labute approximate surface area is 140 Å². The molecule has 7 heteroatoms. The predicted molar refractivity (Wildman–Crippen MR) is 91.2 cm³/mol. The Morgan fingerprint density at radius 2 is 2.12 bits per heavy atom. The number of carbonyl (C=O) groups is 2. The standard InChI is InChI=1S/C17H22N4O3/c1-11-9-12(20-16(23)17(15(19)22)5-2-6-17)3-4-13(11)21-7-8-24-10-14(21)18/h3-4,9,18H,2,5-8,10H2,1H3,(H2,19,22)(H,20,23). The van der Waals surface area contributed by atoms with E-state index in [1.54, 1.807) is 6.07 Å². The molecule has 0 unspecified atom stereocenters. The van der Waals surface area contributed by atoms with E-state index in [9.17, 15) is 9.59 Å². The van der Waals surface area contributed by atoms with E-state index in [2.05, 4.69) is 5.32 Å². The Kier molecular flexibility index (Phi) is 4.28. The molecule has 0 radical (unpaired) electrons. The van der Waals surface area contributed by atoms with Crippen LogP contribution in [0.15, 0.2) is 18.2 Å². The predicted octanol–water partition coefficient (Wildman–Crippen LogP) is 1.40. The van der Waals surface area contributed by atoms with Gasteiger partial charge in [0.1, 0.15) is 17.9 Å². The van der Waals surface area contributed by atoms with Crippen LogP contribution in [0.4, 0.5) is 11.4 Å². The van der Waals surface area contributed by atoms with Crippen molar-refractivity contribution in [2.45, 2.75) is 26.2 Å². The Balaban J connectivity index is 1.76. The van der Waals surface area contributed by atoms with E-state index in [-0.39, 0.29) is 5.91 Å². The summed E-state index contributed by atoms with van der Waals surface area (Å²) in [6.45, 7) is 3.46. The minimum absolute atomic E-state index is 0.305. The Hall–Kier alpha value is -2.41. The molecule has 1 saturated carbocycles. The fourth-order valence-electron chi connectivity index (χ4n) is 3.21. The number of carbonyl (C=O) groups excluding carboxylic acids is 2. The van der Waals surface area contributed by atoms with Gasteiger partial charge in [0.15, 0.2) is 0 Å². The maximum atomic E-state index is 12.4. The van der Waals surface area contributed by atoms with Crippen LogP contribution in [0.2, 0.25) is 0 Å². The molecule has 1 heterocycles. The maximum Gasteiger partial charge on any atom is 0.240 e. The second-order valence-corrected chi connectivity index (χ2v) is 6.41. The molecule has 1 aliphatic carbocycles. The highest BCUT2D eigenvalue weighted by atomic mass is 16.5. The molecule has 4 N–H and O–H groups in total. The molecule has 2 fully saturated rings. The molecule has 24 heavy (non-hydrogen) atoms.